The van der Waals surface area contributed by atoms with Crippen LogP contribution in [0.15, 0.2) is 4.42 Å². The molecule has 1 aliphatic heterocycles. The summed E-state index contributed by atoms with van der Waals surface area (Å²) in [4.78, 5) is 11.3. The molecule has 0 saturated heterocycles. The summed E-state index contributed by atoms with van der Waals surface area (Å²) in [6.07, 6.45) is 4.42. The monoisotopic (exact) mass is 208 g/mol. The van der Waals surface area contributed by atoms with Crippen LogP contribution < -0.4 is 0 Å². The minimum atomic E-state index is -0.229. The maximum absolute atomic E-state index is 11.3. The van der Waals surface area contributed by atoms with E-state index < -0.39 is 0 Å². The second-order valence-corrected chi connectivity index (χ2v) is 3.97. The summed E-state index contributed by atoms with van der Waals surface area (Å²) in [5.41, 5.74) is 1.65. The lowest BCUT2D eigenvalue weighted by Gasteiger charge is -1.98. The van der Waals surface area contributed by atoms with E-state index in [1.807, 2.05) is 6.92 Å². The van der Waals surface area contributed by atoms with Gasteiger partial charge in [0.1, 0.15) is 23.7 Å². The van der Waals surface area contributed by atoms with Gasteiger partial charge < -0.3 is 9.15 Å². The summed E-state index contributed by atoms with van der Waals surface area (Å²) in [6.45, 7) is 4.39. The highest BCUT2D eigenvalue weighted by Gasteiger charge is 2.30. The minimum Gasteiger partial charge on any atom is -0.465 e. The van der Waals surface area contributed by atoms with Crippen LogP contribution in [0.5, 0.6) is 0 Å². The second kappa shape index (κ2) is 4.09. The maximum Gasteiger partial charge on any atom is 0.342 e. The van der Waals surface area contributed by atoms with Crippen LogP contribution in [-0.4, -0.2) is 5.97 Å². The van der Waals surface area contributed by atoms with Crippen LogP contribution in [0.3, 0.4) is 0 Å². The third kappa shape index (κ3) is 1.78. The Morgan fingerprint density at radius 2 is 2.13 bits per heavy atom. The fourth-order valence-corrected chi connectivity index (χ4v) is 2.02. The van der Waals surface area contributed by atoms with Crippen LogP contribution >= 0.6 is 0 Å². The number of rotatable bonds is 4. The number of cyclic esters (lactones) is 1. The van der Waals surface area contributed by atoms with Crippen LogP contribution in [0, 0.1) is 6.92 Å². The van der Waals surface area contributed by atoms with E-state index in [0.29, 0.717) is 17.9 Å². The van der Waals surface area contributed by atoms with E-state index in [9.17, 15) is 4.79 Å². The number of esters is 1. The van der Waals surface area contributed by atoms with Gasteiger partial charge in [-0.05, 0) is 13.3 Å². The van der Waals surface area contributed by atoms with Crippen molar-refractivity contribution in [3.63, 3.8) is 0 Å². The number of aryl methyl sites for hydroxylation is 2. The average molecular weight is 208 g/mol. The van der Waals surface area contributed by atoms with Crippen molar-refractivity contribution in [1.29, 1.82) is 0 Å². The first-order valence-corrected chi connectivity index (χ1v) is 5.52. The number of ether oxygens (including phenoxy) is 1. The lowest BCUT2D eigenvalue weighted by atomic mass is 10.1. The molecule has 1 aromatic rings. The summed E-state index contributed by atoms with van der Waals surface area (Å²) in [7, 11) is 0. The van der Waals surface area contributed by atoms with Gasteiger partial charge in [-0.3, -0.25) is 0 Å². The highest BCUT2D eigenvalue weighted by Crippen LogP contribution is 2.30. The molecule has 0 N–H and O–H groups in total. The van der Waals surface area contributed by atoms with E-state index in [-0.39, 0.29) is 5.97 Å². The fraction of sp³-hybridized carbons (Fsp3) is 0.583. The molecule has 0 spiro atoms. The highest BCUT2D eigenvalue weighted by atomic mass is 16.5. The minimum absolute atomic E-state index is 0.229. The Morgan fingerprint density at radius 3 is 2.87 bits per heavy atom. The molecule has 0 atom stereocenters. The molecule has 0 aliphatic carbocycles. The van der Waals surface area contributed by atoms with E-state index in [1.54, 1.807) is 0 Å². The predicted octanol–water partition coefficient (Wildman–Crippen LogP) is 2.99. The van der Waals surface area contributed by atoms with Gasteiger partial charge in [0.05, 0.1) is 0 Å². The molecule has 1 aliphatic rings. The summed E-state index contributed by atoms with van der Waals surface area (Å²) in [5.74, 6) is 1.42. The van der Waals surface area contributed by atoms with Crippen LogP contribution in [0.2, 0.25) is 0 Å². The summed E-state index contributed by atoms with van der Waals surface area (Å²) < 4.78 is 10.6. The molecule has 0 unspecified atom stereocenters. The van der Waals surface area contributed by atoms with Gasteiger partial charge in [0.2, 0.25) is 0 Å². The number of hydrogen-bond donors (Lipinski definition) is 0. The third-order valence-corrected chi connectivity index (χ3v) is 2.83. The number of carbonyl (C=O) groups excluding carboxylic acids is 1. The highest BCUT2D eigenvalue weighted by molar-refractivity contribution is 5.94. The van der Waals surface area contributed by atoms with Crippen LogP contribution in [0.4, 0.5) is 0 Å². The van der Waals surface area contributed by atoms with Crippen molar-refractivity contribution in [3.05, 3.63) is 22.6 Å². The van der Waals surface area contributed by atoms with Gasteiger partial charge >= 0.3 is 5.97 Å². The molecule has 15 heavy (non-hydrogen) atoms. The van der Waals surface area contributed by atoms with Gasteiger partial charge in [-0.2, -0.15) is 0 Å². The zero-order chi connectivity index (χ0) is 10.8. The zero-order valence-corrected chi connectivity index (χ0v) is 9.26. The van der Waals surface area contributed by atoms with Crippen molar-refractivity contribution in [2.45, 2.75) is 46.1 Å². The maximum atomic E-state index is 11.3. The molecule has 1 aromatic heterocycles. The standard InChI is InChI=1S/C12H16O3/c1-3-4-5-6-10-9-7-14-12(13)11(9)8(2)15-10/h3-7H2,1-2H3. The van der Waals surface area contributed by atoms with Crippen LogP contribution in [-0.2, 0) is 17.8 Å². The van der Waals surface area contributed by atoms with Crippen molar-refractivity contribution in [2.75, 3.05) is 0 Å². The molecule has 2 heterocycles. The molecular formula is C12H16O3. The van der Waals surface area contributed by atoms with Crippen molar-refractivity contribution in [2.24, 2.45) is 0 Å². The number of unbranched alkanes of at least 4 members (excludes halogenated alkanes) is 2. The Labute approximate surface area is 89.4 Å². The van der Waals surface area contributed by atoms with E-state index in [4.69, 9.17) is 9.15 Å². The molecular weight excluding hydrogens is 192 g/mol. The number of fused-ring (bicyclic) bond motifs is 1. The van der Waals surface area contributed by atoms with Gasteiger partial charge in [-0.25, -0.2) is 4.79 Å². The average Bonchev–Trinajstić information content (AvgIpc) is 2.72. The zero-order valence-electron chi connectivity index (χ0n) is 9.26. The summed E-state index contributed by atoms with van der Waals surface area (Å²) >= 11 is 0. The number of hydrogen-bond acceptors (Lipinski definition) is 3. The Kier molecular flexibility index (Phi) is 2.80. The molecule has 82 valence electrons. The van der Waals surface area contributed by atoms with Crippen molar-refractivity contribution in [1.82, 2.24) is 0 Å². The van der Waals surface area contributed by atoms with E-state index in [0.717, 1.165) is 24.2 Å². The Morgan fingerprint density at radius 1 is 1.33 bits per heavy atom. The topological polar surface area (TPSA) is 39.4 Å². The SMILES string of the molecule is CCCCCc1oc(C)c2c1COC2=O. The van der Waals surface area contributed by atoms with E-state index in [1.165, 1.54) is 12.8 Å². The van der Waals surface area contributed by atoms with Gasteiger partial charge in [0.15, 0.2) is 0 Å². The molecule has 0 saturated carbocycles. The second-order valence-electron chi connectivity index (χ2n) is 3.97. The summed E-state index contributed by atoms with van der Waals surface area (Å²) in [6, 6.07) is 0. The summed E-state index contributed by atoms with van der Waals surface area (Å²) in [5, 5.41) is 0. The fourth-order valence-electron chi connectivity index (χ4n) is 2.02. The molecule has 3 nitrogen and oxygen atoms in total. The van der Waals surface area contributed by atoms with E-state index in [2.05, 4.69) is 6.92 Å². The number of furan rings is 1. The lowest BCUT2D eigenvalue weighted by Crippen LogP contribution is -1.94. The first-order valence-electron chi connectivity index (χ1n) is 5.52. The van der Waals surface area contributed by atoms with Gasteiger partial charge in [0, 0.05) is 12.0 Å². The molecule has 0 bridgehead atoms. The molecule has 0 fully saturated rings. The van der Waals surface area contributed by atoms with Gasteiger partial charge in [0.25, 0.3) is 0 Å². The molecule has 0 aromatic carbocycles. The Balaban J connectivity index is 2.16. The smallest absolute Gasteiger partial charge is 0.342 e. The molecule has 0 amide bonds. The van der Waals surface area contributed by atoms with E-state index >= 15 is 0 Å². The van der Waals surface area contributed by atoms with Crippen LogP contribution in [0.1, 0.15) is 53.6 Å². The van der Waals surface area contributed by atoms with Crippen LogP contribution in [0.25, 0.3) is 0 Å². The third-order valence-electron chi connectivity index (χ3n) is 2.83. The van der Waals surface area contributed by atoms with Gasteiger partial charge in [-0.15, -0.1) is 0 Å². The Bertz CT molecular complexity index is 376. The predicted molar refractivity (Wildman–Crippen MR) is 55.8 cm³/mol. The largest absolute Gasteiger partial charge is 0.465 e. The molecule has 2 rings (SSSR count). The van der Waals surface area contributed by atoms with Crippen molar-refractivity contribution in [3.8, 4) is 0 Å². The quantitative estimate of drug-likeness (QED) is 0.564. The Hall–Kier alpha value is -1.25. The number of carbonyl (C=O) groups is 1. The molecule has 3 heteroatoms. The first-order chi connectivity index (χ1) is 7.24. The first kappa shape index (κ1) is 10.3. The van der Waals surface area contributed by atoms with Gasteiger partial charge in [-0.1, -0.05) is 19.8 Å². The van der Waals surface area contributed by atoms with Crippen molar-refractivity contribution >= 4 is 5.97 Å². The lowest BCUT2D eigenvalue weighted by molar-refractivity contribution is 0.0527. The molecule has 0 radical (unpaired) electrons. The van der Waals surface area contributed by atoms with Crippen molar-refractivity contribution < 1.29 is 13.9 Å². The normalized spacial score (nSPS) is 14.1.